The molecule has 0 atom stereocenters. The molecule has 2 heterocycles. The number of anilines is 1. The van der Waals surface area contributed by atoms with Gasteiger partial charge in [0.1, 0.15) is 23.9 Å². The number of carbonyl (C=O) groups excluding carboxylic acids is 1. The molecular weight excluding hydrogens is 457 g/mol. The number of carbonyl (C=O) groups is 1. The van der Waals surface area contributed by atoms with Gasteiger partial charge in [-0.2, -0.15) is 5.10 Å². The van der Waals surface area contributed by atoms with Gasteiger partial charge in [0.05, 0.1) is 6.54 Å². The summed E-state index contributed by atoms with van der Waals surface area (Å²) in [5.41, 5.74) is 2.55. The van der Waals surface area contributed by atoms with E-state index in [-0.39, 0.29) is 12.4 Å². The van der Waals surface area contributed by atoms with Crippen molar-refractivity contribution >= 4 is 23.3 Å². The molecule has 1 N–H and O–H groups in total. The van der Waals surface area contributed by atoms with Crippen LogP contribution in [0.1, 0.15) is 33.1 Å². The fraction of sp³-hybridized carbons (Fsp3) is 0.154. The van der Waals surface area contributed by atoms with Crippen molar-refractivity contribution in [2.75, 3.05) is 5.32 Å². The topological polar surface area (TPSA) is 69.3 Å². The number of para-hydroxylation sites is 1. The van der Waals surface area contributed by atoms with Gasteiger partial charge in [0.25, 0.3) is 5.91 Å². The summed E-state index contributed by atoms with van der Waals surface area (Å²) >= 11 is 6.12. The zero-order chi connectivity index (χ0) is 24.1. The van der Waals surface area contributed by atoms with E-state index in [0.29, 0.717) is 29.6 Å². The third-order valence-corrected chi connectivity index (χ3v) is 5.50. The minimum absolute atomic E-state index is 0.145. The average Bonchev–Trinajstić information content (AvgIpc) is 3.42. The summed E-state index contributed by atoms with van der Waals surface area (Å²) in [4.78, 5) is 12.6. The van der Waals surface area contributed by atoms with Crippen LogP contribution in [0.4, 0.5) is 10.2 Å². The van der Waals surface area contributed by atoms with E-state index < -0.39 is 11.7 Å². The lowest BCUT2D eigenvalue weighted by Crippen LogP contribution is -2.12. The van der Waals surface area contributed by atoms with Gasteiger partial charge in [-0.3, -0.25) is 9.48 Å². The van der Waals surface area contributed by atoms with Gasteiger partial charge in [-0.25, -0.2) is 4.39 Å². The highest BCUT2D eigenvalue weighted by molar-refractivity contribution is 6.31. The lowest BCUT2D eigenvalue weighted by molar-refractivity contribution is 0.0992. The zero-order valence-corrected chi connectivity index (χ0v) is 19.3. The fourth-order valence-electron chi connectivity index (χ4n) is 3.42. The van der Waals surface area contributed by atoms with E-state index in [1.165, 1.54) is 12.1 Å². The number of rotatable bonds is 9. The van der Waals surface area contributed by atoms with Crippen molar-refractivity contribution < 1.29 is 18.3 Å². The van der Waals surface area contributed by atoms with Crippen LogP contribution in [0.3, 0.4) is 0 Å². The first-order valence-electron chi connectivity index (χ1n) is 10.6. The Bertz CT molecular complexity index is 1330. The van der Waals surface area contributed by atoms with Gasteiger partial charge in [-0.05, 0) is 54.8 Å². The number of benzene rings is 2. The molecule has 0 aliphatic heterocycles. The standard InChI is InChI=1S/C26H23ClFN3O3/c1-3-6-18-7-4-5-8-23(18)33-16-21-11-12-24(34-21)26(32)29-25-13-17(2)31(30-25)15-19-9-10-20(28)14-22(19)27/h3-5,7-14H,1,6,15-16H2,2H3,(H,29,30,32). The van der Waals surface area contributed by atoms with Gasteiger partial charge in [-0.15, -0.1) is 6.58 Å². The van der Waals surface area contributed by atoms with E-state index in [0.717, 1.165) is 22.6 Å². The number of ether oxygens (including phenoxy) is 1. The Morgan fingerprint density at radius 1 is 1.21 bits per heavy atom. The number of nitrogens with one attached hydrogen (secondary N) is 1. The molecule has 0 fully saturated rings. The normalized spacial score (nSPS) is 10.8. The molecule has 0 aliphatic carbocycles. The van der Waals surface area contributed by atoms with Gasteiger partial charge in [0.15, 0.2) is 11.6 Å². The molecule has 1 amide bonds. The van der Waals surface area contributed by atoms with E-state index in [2.05, 4.69) is 17.0 Å². The number of nitrogens with zero attached hydrogens (tertiary/aromatic N) is 2. The zero-order valence-electron chi connectivity index (χ0n) is 18.6. The molecule has 8 heteroatoms. The summed E-state index contributed by atoms with van der Waals surface area (Å²) < 4.78 is 26.5. The predicted molar refractivity (Wildman–Crippen MR) is 129 cm³/mol. The molecule has 174 valence electrons. The molecule has 0 aliphatic rings. The van der Waals surface area contributed by atoms with Crippen molar-refractivity contribution in [2.24, 2.45) is 0 Å². The van der Waals surface area contributed by atoms with Crippen molar-refractivity contribution in [1.29, 1.82) is 0 Å². The molecule has 2 aromatic heterocycles. The third kappa shape index (κ3) is 5.55. The van der Waals surface area contributed by atoms with Crippen LogP contribution >= 0.6 is 11.6 Å². The second kappa shape index (κ2) is 10.4. The Morgan fingerprint density at radius 2 is 2.03 bits per heavy atom. The molecule has 0 unspecified atom stereocenters. The molecule has 0 saturated heterocycles. The first kappa shape index (κ1) is 23.3. The second-order valence-electron chi connectivity index (χ2n) is 7.67. The molecular formula is C26H23ClFN3O3. The second-order valence-corrected chi connectivity index (χ2v) is 8.08. The van der Waals surface area contributed by atoms with Crippen molar-refractivity contribution in [1.82, 2.24) is 9.78 Å². The van der Waals surface area contributed by atoms with Crippen molar-refractivity contribution in [3.05, 3.63) is 112 Å². The van der Waals surface area contributed by atoms with Crippen LogP contribution in [0.15, 0.2) is 77.7 Å². The molecule has 4 rings (SSSR count). The minimum atomic E-state index is -0.428. The van der Waals surface area contributed by atoms with Gasteiger partial charge in [-0.1, -0.05) is 41.9 Å². The Balaban J connectivity index is 1.38. The maximum absolute atomic E-state index is 13.3. The maximum Gasteiger partial charge on any atom is 0.292 e. The molecule has 4 aromatic rings. The molecule has 0 spiro atoms. The number of aromatic nitrogens is 2. The van der Waals surface area contributed by atoms with E-state index in [1.807, 2.05) is 37.3 Å². The number of allylic oxidation sites excluding steroid dienone is 1. The van der Waals surface area contributed by atoms with Crippen molar-refractivity contribution in [2.45, 2.75) is 26.5 Å². The lowest BCUT2D eigenvalue weighted by atomic mass is 10.1. The van der Waals surface area contributed by atoms with Gasteiger partial charge >= 0.3 is 0 Å². The summed E-state index contributed by atoms with van der Waals surface area (Å²) in [6.45, 7) is 6.15. The van der Waals surface area contributed by atoms with Crippen molar-refractivity contribution in [3.63, 3.8) is 0 Å². The largest absolute Gasteiger partial charge is 0.485 e. The van der Waals surface area contributed by atoms with Crippen LogP contribution in [0.5, 0.6) is 5.75 Å². The van der Waals surface area contributed by atoms with E-state index in [4.69, 9.17) is 20.8 Å². The number of hydrogen-bond acceptors (Lipinski definition) is 4. The number of aryl methyl sites for hydroxylation is 1. The van der Waals surface area contributed by atoms with E-state index in [9.17, 15) is 9.18 Å². The average molecular weight is 480 g/mol. The van der Waals surface area contributed by atoms with Crippen LogP contribution in [-0.2, 0) is 19.6 Å². The van der Waals surface area contributed by atoms with Gasteiger partial charge < -0.3 is 14.5 Å². The third-order valence-electron chi connectivity index (χ3n) is 5.15. The van der Waals surface area contributed by atoms with Gasteiger partial charge in [0.2, 0.25) is 0 Å². The minimum Gasteiger partial charge on any atom is -0.485 e. The molecule has 0 bridgehead atoms. The first-order chi connectivity index (χ1) is 16.4. The Kier molecular flexibility index (Phi) is 7.13. The van der Waals surface area contributed by atoms with Crippen LogP contribution in [0.2, 0.25) is 5.02 Å². The molecule has 0 radical (unpaired) electrons. The number of furan rings is 1. The molecule has 0 saturated carbocycles. The van der Waals surface area contributed by atoms with E-state index >= 15 is 0 Å². The fourth-order valence-corrected chi connectivity index (χ4v) is 3.64. The summed E-state index contributed by atoms with van der Waals surface area (Å²) in [5.74, 6) is 0.948. The van der Waals surface area contributed by atoms with Gasteiger partial charge in [0, 0.05) is 16.8 Å². The Morgan fingerprint density at radius 3 is 2.82 bits per heavy atom. The molecule has 34 heavy (non-hydrogen) atoms. The summed E-state index contributed by atoms with van der Waals surface area (Å²) in [5, 5.41) is 7.45. The Hall–Kier alpha value is -3.84. The highest BCUT2D eigenvalue weighted by Gasteiger charge is 2.15. The van der Waals surface area contributed by atoms with Crippen LogP contribution in [-0.4, -0.2) is 15.7 Å². The lowest BCUT2D eigenvalue weighted by Gasteiger charge is -2.08. The number of hydrogen-bond donors (Lipinski definition) is 1. The molecule has 6 nitrogen and oxygen atoms in total. The Labute approximate surface area is 201 Å². The smallest absolute Gasteiger partial charge is 0.292 e. The quantitative estimate of drug-likeness (QED) is 0.291. The summed E-state index contributed by atoms with van der Waals surface area (Å²) in [6, 6.07) is 16.9. The first-order valence-corrected chi connectivity index (χ1v) is 11.0. The summed E-state index contributed by atoms with van der Waals surface area (Å²) in [7, 11) is 0. The molecule has 2 aromatic carbocycles. The SMILES string of the molecule is C=CCc1ccccc1OCc1ccc(C(=O)Nc2cc(C)n(Cc3ccc(F)cc3Cl)n2)o1. The monoisotopic (exact) mass is 479 g/mol. The highest BCUT2D eigenvalue weighted by Crippen LogP contribution is 2.22. The number of amides is 1. The summed E-state index contributed by atoms with van der Waals surface area (Å²) in [6.07, 6.45) is 2.51. The maximum atomic E-state index is 13.3. The van der Waals surface area contributed by atoms with Crippen LogP contribution in [0.25, 0.3) is 0 Å². The van der Waals surface area contributed by atoms with Crippen LogP contribution < -0.4 is 10.1 Å². The highest BCUT2D eigenvalue weighted by atomic mass is 35.5. The number of halogens is 2. The van der Waals surface area contributed by atoms with E-state index in [1.54, 1.807) is 28.9 Å². The van der Waals surface area contributed by atoms with Crippen LogP contribution in [0, 0.1) is 12.7 Å². The predicted octanol–water partition coefficient (Wildman–Crippen LogP) is 6.19. The van der Waals surface area contributed by atoms with Crippen molar-refractivity contribution in [3.8, 4) is 5.75 Å².